The Morgan fingerprint density at radius 1 is 1.15 bits per heavy atom. The van der Waals surface area contributed by atoms with E-state index < -0.39 is 5.66 Å². The molecular weight excluding hydrogens is 388 g/mol. The highest BCUT2D eigenvalue weighted by Crippen LogP contribution is 2.52. The first-order valence-electron chi connectivity index (χ1n) is 8.98. The highest BCUT2D eigenvalue weighted by atomic mass is 79.9. The van der Waals surface area contributed by atoms with Crippen molar-refractivity contribution < 1.29 is 4.79 Å². The van der Waals surface area contributed by atoms with Crippen LogP contribution in [0.5, 0.6) is 0 Å². The molecule has 2 aliphatic rings. The Hall–Kier alpha value is -2.07. The van der Waals surface area contributed by atoms with E-state index in [1.54, 1.807) is 0 Å². The minimum Gasteiger partial charge on any atom is -0.344 e. The highest BCUT2D eigenvalue weighted by Gasteiger charge is 2.57. The van der Waals surface area contributed by atoms with E-state index in [1.807, 2.05) is 12.1 Å². The fourth-order valence-electron chi connectivity index (χ4n) is 4.26. The molecule has 3 nitrogen and oxygen atoms in total. The van der Waals surface area contributed by atoms with Crippen LogP contribution < -0.4 is 10.2 Å². The minimum absolute atomic E-state index is 0.110. The van der Waals surface area contributed by atoms with Crippen molar-refractivity contribution in [2.45, 2.75) is 38.3 Å². The summed E-state index contributed by atoms with van der Waals surface area (Å²) in [5.41, 5.74) is 4.09. The molecule has 0 aliphatic carbocycles. The molecule has 4 rings (SSSR count). The van der Waals surface area contributed by atoms with Gasteiger partial charge < -0.3 is 10.2 Å². The molecule has 0 spiro atoms. The van der Waals surface area contributed by atoms with Gasteiger partial charge in [0.25, 0.3) is 0 Å². The molecule has 1 atom stereocenters. The number of fused-ring (bicyclic) bond motifs is 3. The predicted molar refractivity (Wildman–Crippen MR) is 110 cm³/mol. The normalized spacial score (nSPS) is 23.7. The van der Waals surface area contributed by atoms with Crippen LogP contribution in [0.2, 0.25) is 0 Å². The molecule has 0 radical (unpaired) electrons. The Morgan fingerprint density at radius 2 is 1.88 bits per heavy atom. The number of anilines is 1. The van der Waals surface area contributed by atoms with E-state index in [0.29, 0.717) is 6.42 Å². The molecule has 0 saturated carbocycles. The van der Waals surface area contributed by atoms with Crippen LogP contribution in [0.3, 0.4) is 0 Å². The third-order valence-electron chi connectivity index (χ3n) is 5.77. The van der Waals surface area contributed by atoms with Crippen LogP contribution in [0, 0.1) is 6.92 Å². The maximum atomic E-state index is 12.4. The zero-order valence-corrected chi connectivity index (χ0v) is 16.9. The molecule has 0 bridgehead atoms. The lowest BCUT2D eigenvalue weighted by atomic mass is 9.74. The number of carbonyl (C=O) groups excluding carboxylic acids is 1. The number of hydrogen-bond acceptors (Lipinski definition) is 2. The van der Waals surface area contributed by atoms with Crippen molar-refractivity contribution in [3.05, 3.63) is 69.7 Å². The van der Waals surface area contributed by atoms with Crippen LogP contribution in [-0.4, -0.2) is 18.1 Å². The molecule has 2 aliphatic heterocycles. The summed E-state index contributed by atoms with van der Waals surface area (Å²) in [5, 5.41) is 3.32. The Kier molecular flexibility index (Phi) is 3.99. The van der Waals surface area contributed by atoms with Crippen molar-refractivity contribution in [1.29, 1.82) is 0 Å². The van der Waals surface area contributed by atoms with Crippen molar-refractivity contribution in [3.8, 4) is 0 Å². The number of hydrogen-bond donors (Lipinski definition) is 1. The monoisotopic (exact) mass is 410 g/mol. The lowest BCUT2D eigenvalue weighted by molar-refractivity contribution is -0.124. The number of halogens is 1. The molecule has 0 unspecified atom stereocenters. The minimum atomic E-state index is -0.550. The van der Waals surface area contributed by atoms with Gasteiger partial charge in [-0.1, -0.05) is 65.7 Å². The fourth-order valence-corrected chi connectivity index (χ4v) is 4.52. The first kappa shape index (κ1) is 17.3. The van der Waals surface area contributed by atoms with Crippen LogP contribution >= 0.6 is 15.9 Å². The van der Waals surface area contributed by atoms with Gasteiger partial charge in [0.1, 0.15) is 5.66 Å². The van der Waals surface area contributed by atoms with Gasteiger partial charge >= 0.3 is 0 Å². The van der Waals surface area contributed by atoms with E-state index in [2.05, 4.69) is 89.4 Å². The molecule has 134 valence electrons. The number of aryl methyl sites for hydroxylation is 1. The molecule has 1 fully saturated rings. The average molecular weight is 411 g/mol. The van der Waals surface area contributed by atoms with Crippen LogP contribution in [0.4, 0.5) is 5.69 Å². The van der Waals surface area contributed by atoms with Gasteiger partial charge in [-0.05, 0) is 42.3 Å². The Morgan fingerprint density at radius 3 is 2.62 bits per heavy atom. The van der Waals surface area contributed by atoms with Crippen LogP contribution in [0.25, 0.3) is 6.08 Å². The predicted octanol–water partition coefficient (Wildman–Crippen LogP) is 4.78. The lowest BCUT2D eigenvalue weighted by Crippen LogP contribution is -2.68. The zero-order valence-electron chi connectivity index (χ0n) is 15.3. The molecule has 2 heterocycles. The number of nitrogens with one attached hydrogen (secondary N) is 1. The van der Waals surface area contributed by atoms with E-state index in [-0.39, 0.29) is 11.3 Å². The van der Waals surface area contributed by atoms with E-state index in [0.717, 1.165) is 16.6 Å². The SMILES string of the molecule is Cc1ccc2c(c1)C(C)(C)[C@@]1(/C=C/c3ccc(Br)cc3)NC(=O)CCN21. The number of nitrogens with zero attached hydrogens (tertiary/aromatic N) is 1. The smallest absolute Gasteiger partial charge is 0.223 e. The summed E-state index contributed by atoms with van der Waals surface area (Å²) in [6.45, 7) is 7.30. The zero-order chi connectivity index (χ0) is 18.5. The highest BCUT2D eigenvalue weighted by molar-refractivity contribution is 9.10. The second-order valence-electron chi connectivity index (χ2n) is 7.75. The van der Waals surface area contributed by atoms with Gasteiger partial charge in [-0.3, -0.25) is 4.79 Å². The summed E-state index contributed by atoms with van der Waals surface area (Å²) < 4.78 is 1.06. The first-order valence-corrected chi connectivity index (χ1v) is 9.77. The second-order valence-corrected chi connectivity index (χ2v) is 8.66. The molecule has 4 heteroatoms. The van der Waals surface area contributed by atoms with E-state index in [4.69, 9.17) is 0 Å². The Bertz CT molecular complexity index is 901. The van der Waals surface area contributed by atoms with Gasteiger partial charge in [0.2, 0.25) is 5.91 Å². The van der Waals surface area contributed by atoms with Crippen LogP contribution in [0.15, 0.2) is 53.0 Å². The summed E-state index contributed by atoms with van der Waals surface area (Å²) >= 11 is 3.48. The summed E-state index contributed by atoms with van der Waals surface area (Å²) in [4.78, 5) is 14.8. The molecule has 1 saturated heterocycles. The molecule has 1 N–H and O–H groups in total. The third-order valence-corrected chi connectivity index (χ3v) is 6.30. The molecular formula is C22H23BrN2O. The van der Waals surface area contributed by atoms with Gasteiger partial charge in [0.05, 0.1) is 0 Å². The molecule has 26 heavy (non-hydrogen) atoms. The van der Waals surface area contributed by atoms with Gasteiger partial charge in [0, 0.05) is 28.5 Å². The van der Waals surface area contributed by atoms with E-state index in [9.17, 15) is 4.79 Å². The number of carbonyl (C=O) groups is 1. The second kappa shape index (κ2) is 5.98. The van der Waals surface area contributed by atoms with Crippen molar-refractivity contribution >= 4 is 33.6 Å². The standard InChI is InChI=1S/C22H23BrN2O/c1-15-4-9-19-18(14-15)21(2,3)22(24-20(26)11-13-25(19)22)12-10-16-5-7-17(23)8-6-16/h4-10,12,14H,11,13H2,1-3H3,(H,24,26)/b12-10+/t22-/m0/s1. The van der Waals surface area contributed by atoms with E-state index in [1.165, 1.54) is 16.8 Å². The Balaban J connectivity index is 1.84. The largest absolute Gasteiger partial charge is 0.344 e. The van der Waals surface area contributed by atoms with Gasteiger partial charge in [-0.25, -0.2) is 0 Å². The average Bonchev–Trinajstić information content (AvgIpc) is 2.79. The van der Waals surface area contributed by atoms with Crippen molar-refractivity contribution in [2.24, 2.45) is 0 Å². The Labute approximate surface area is 163 Å². The van der Waals surface area contributed by atoms with Crippen molar-refractivity contribution in [2.75, 3.05) is 11.4 Å². The first-order chi connectivity index (χ1) is 12.3. The molecule has 1 amide bonds. The van der Waals surface area contributed by atoms with E-state index >= 15 is 0 Å². The fraction of sp³-hybridized carbons (Fsp3) is 0.318. The van der Waals surface area contributed by atoms with Crippen LogP contribution in [0.1, 0.15) is 37.0 Å². The third kappa shape index (κ3) is 2.50. The summed E-state index contributed by atoms with van der Waals surface area (Å²) in [7, 11) is 0. The maximum absolute atomic E-state index is 12.4. The van der Waals surface area contributed by atoms with Gasteiger partial charge in [0.15, 0.2) is 0 Å². The van der Waals surface area contributed by atoms with Crippen molar-refractivity contribution in [1.82, 2.24) is 5.32 Å². The summed E-state index contributed by atoms with van der Waals surface area (Å²) in [5.74, 6) is 0.110. The summed E-state index contributed by atoms with van der Waals surface area (Å²) in [6, 6.07) is 14.8. The number of amides is 1. The topological polar surface area (TPSA) is 32.3 Å². The van der Waals surface area contributed by atoms with Crippen molar-refractivity contribution in [3.63, 3.8) is 0 Å². The number of rotatable bonds is 2. The quantitative estimate of drug-likeness (QED) is 0.771. The summed E-state index contributed by atoms with van der Waals surface area (Å²) in [6.07, 6.45) is 4.81. The molecule has 2 aromatic carbocycles. The van der Waals surface area contributed by atoms with Crippen LogP contribution in [-0.2, 0) is 10.2 Å². The molecule has 2 aromatic rings. The number of benzene rings is 2. The lowest BCUT2D eigenvalue weighted by Gasteiger charge is -2.49. The molecule has 0 aromatic heterocycles. The maximum Gasteiger partial charge on any atom is 0.223 e. The van der Waals surface area contributed by atoms with Gasteiger partial charge in [-0.2, -0.15) is 0 Å². The van der Waals surface area contributed by atoms with Gasteiger partial charge in [-0.15, -0.1) is 0 Å².